The number of aromatic carboxylic acids is 1. The van der Waals surface area contributed by atoms with E-state index in [9.17, 15) is 46.3 Å². The topological polar surface area (TPSA) is 221 Å². The SMILES string of the molecule is C[C@@H](NC(=O)c1cc(C(=O)N[C@@H](COc2cc(F)cc(F)c2)[C@@H](O)CC(=O)NCC(=O)NCc2ccc(C(=O)O)cc2)cc(N(C)S(C)(=O)=O)c1)c1ccccc1. The number of aliphatic hydroxyl groups is 1. The molecule has 0 radical (unpaired) electrons. The van der Waals surface area contributed by atoms with Gasteiger partial charge in [0.25, 0.3) is 11.8 Å². The summed E-state index contributed by atoms with van der Waals surface area (Å²) in [6.45, 7) is 0.620. The third-order valence-corrected chi connectivity index (χ3v) is 9.73. The van der Waals surface area contributed by atoms with Crippen molar-refractivity contribution >= 4 is 45.3 Å². The predicted octanol–water partition coefficient (Wildman–Crippen LogP) is 2.91. The molecule has 0 saturated carbocycles. The molecule has 4 aromatic carbocycles. The molecule has 4 amide bonds. The number of carbonyl (C=O) groups excluding carboxylic acids is 4. The molecule has 18 heteroatoms. The Morgan fingerprint density at radius 3 is 1.96 bits per heavy atom. The Morgan fingerprint density at radius 2 is 1.39 bits per heavy atom. The minimum atomic E-state index is -3.88. The Bertz CT molecular complexity index is 2190. The van der Waals surface area contributed by atoms with Gasteiger partial charge in [0.1, 0.15) is 24.0 Å². The number of carboxylic acids is 1. The lowest BCUT2D eigenvalue weighted by molar-refractivity contribution is -0.127. The van der Waals surface area contributed by atoms with Gasteiger partial charge in [-0.2, -0.15) is 0 Å². The molecule has 57 heavy (non-hydrogen) atoms. The number of ether oxygens (including phenoxy) is 1. The Kier molecular flexibility index (Phi) is 14.8. The van der Waals surface area contributed by atoms with E-state index in [1.165, 1.54) is 49.5 Å². The number of rotatable bonds is 18. The highest BCUT2D eigenvalue weighted by Gasteiger charge is 2.27. The molecule has 4 aromatic rings. The van der Waals surface area contributed by atoms with Gasteiger partial charge in [-0.1, -0.05) is 42.5 Å². The molecule has 3 atom stereocenters. The van der Waals surface area contributed by atoms with Gasteiger partial charge in [0, 0.05) is 42.9 Å². The van der Waals surface area contributed by atoms with E-state index >= 15 is 0 Å². The van der Waals surface area contributed by atoms with Crippen LogP contribution < -0.4 is 30.3 Å². The number of benzene rings is 4. The Balaban J connectivity index is 1.51. The van der Waals surface area contributed by atoms with Crippen LogP contribution in [-0.2, 0) is 26.2 Å². The minimum Gasteiger partial charge on any atom is -0.491 e. The van der Waals surface area contributed by atoms with Gasteiger partial charge in [0.2, 0.25) is 21.8 Å². The van der Waals surface area contributed by atoms with Crippen molar-refractivity contribution < 1.29 is 56.1 Å². The fraction of sp³-hybridized carbons (Fsp3) is 0.256. The van der Waals surface area contributed by atoms with Gasteiger partial charge in [-0.25, -0.2) is 22.0 Å². The number of amides is 4. The van der Waals surface area contributed by atoms with Crippen molar-refractivity contribution in [2.45, 2.75) is 38.1 Å². The first kappa shape index (κ1) is 43.3. The van der Waals surface area contributed by atoms with Gasteiger partial charge in [-0.15, -0.1) is 0 Å². The van der Waals surface area contributed by atoms with Crippen molar-refractivity contribution in [3.63, 3.8) is 0 Å². The van der Waals surface area contributed by atoms with Crippen LogP contribution in [0.3, 0.4) is 0 Å². The zero-order valence-electron chi connectivity index (χ0n) is 31.0. The number of sulfonamides is 1. The van der Waals surface area contributed by atoms with Gasteiger partial charge in [0.15, 0.2) is 0 Å². The highest BCUT2D eigenvalue weighted by Crippen LogP contribution is 2.23. The molecule has 0 saturated heterocycles. The van der Waals surface area contributed by atoms with E-state index in [2.05, 4.69) is 21.3 Å². The van der Waals surface area contributed by atoms with Crippen molar-refractivity contribution in [1.29, 1.82) is 0 Å². The summed E-state index contributed by atoms with van der Waals surface area (Å²) < 4.78 is 59.1. The average Bonchev–Trinajstić information content (AvgIpc) is 3.16. The Hall–Kier alpha value is -6.40. The van der Waals surface area contributed by atoms with Crippen molar-refractivity contribution in [2.24, 2.45) is 0 Å². The second kappa shape index (κ2) is 19.5. The first-order chi connectivity index (χ1) is 26.9. The molecule has 0 aromatic heterocycles. The maximum Gasteiger partial charge on any atom is 0.335 e. The zero-order valence-corrected chi connectivity index (χ0v) is 31.8. The van der Waals surface area contributed by atoms with Gasteiger partial charge in [-0.05, 0) is 48.4 Å². The van der Waals surface area contributed by atoms with E-state index in [1.54, 1.807) is 37.3 Å². The number of carbonyl (C=O) groups is 5. The van der Waals surface area contributed by atoms with Crippen molar-refractivity contribution in [2.75, 3.05) is 30.8 Å². The molecule has 302 valence electrons. The molecule has 0 aliphatic rings. The molecule has 0 aliphatic carbocycles. The fourth-order valence-corrected chi connectivity index (χ4v) is 5.75. The molecule has 0 spiro atoms. The lowest BCUT2D eigenvalue weighted by Crippen LogP contribution is -2.49. The number of nitrogens with zero attached hydrogens (tertiary/aromatic N) is 1. The van der Waals surface area contributed by atoms with E-state index in [-0.39, 0.29) is 34.7 Å². The van der Waals surface area contributed by atoms with Gasteiger partial charge in [-0.3, -0.25) is 23.5 Å². The van der Waals surface area contributed by atoms with Crippen LogP contribution in [0.15, 0.2) is 91.0 Å². The van der Waals surface area contributed by atoms with Crippen LogP contribution in [0.1, 0.15) is 61.6 Å². The molecule has 0 fully saturated rings. The minimum absolute atomic E-state index is 0.0277. The molecular weight excluding hydrogens is 769 g/mol. The summed E-state index contributed by atoms with van der Waals surface area (Å²) in [6.07, 6.45) is -1.50. The molecule has 0 aliphatic heterocycles. The fourth-order valence-electron chi connectivity index (χ4n) is 5.26. The van der Waals surface area contributed by atoms with Crippen molar-refractivity contribution in [3.8, 4) is 5.75 Å². The third-order valence-electron chi connectivity index (χ3n) is 8.53. The van der Waals surface area contributed by atoms with Crippen LogP contribution in [-0.4, -0.2) is 86.8 Å². The molecule has 0 unspecified atom stereocenters. The standard InChI is InChI=1S/C39H41F2N5O10S/c1-23(25-7-5-4-6-8-25)44-37(50)27-13-28(15-31(14-27)46(2)57(3,54)55)38(51)45-33(22-56-32-17-29(40)16-30(41)18-32)34(47)19-35(48)43-21-36(49)42-20-24-9-11-26(12-10-24)39(52)53/h4-18,23,33-34,47H,19-22H2,1-3H3,(H,42,49)(H,43,48)(H,44,50)(H,45,51)(H,52,53)/t23-,33+,34+/m1/s1. The second-order valence-corrected chi connectivity index (χ2v) is 14.9. The van der Waals surface area contributed by atoms with Gasteiger partial charge >= 0.3 is 5.97 Å². The number of carboxylic acid groups (broad SMARTS) is 1. The lowest BCUT2D eigenvalue weighted by atomic mass is 10.0. The summed E-state index contributed by atoms with van der Waals surface area (Å²) in [4.78, 5) is 63.5. The number of hydrogen-bond donors (Lipinski definition) is 6. The summed E-state index contributed by atoms with van der Waals surface area (Å²) in [5, 5.41) is 30.4. The van der Waals surface area contributed by atoms with Crippen molar-refractivity contribution in [3.05, 3.63) is 130 Å². The smallest absolute Gasteiger partial charge is 0.335 e. The van der Waals surface area contributed by atoms with Crippen LogP contribution in [0.2, 0.25) is 0 Å². The highest BCUT2D eigenvalue weighted by molar-refractivity contribution is 7.92. The van der Waals surface area contributed by atoms with E-state index in [0.717, 1.165) is 28.3 Å². The van der Waals surface area contributed by atoms with E-state index < -0.39 is 89.0 Å². The number of nitrogens with one attached hydrogen (secondary N) is 4. The van der Waals surface area contributed by atoms with E-state index in [1.807, 2.05) is 0 Å². The second-order valence-electron chi connectivity index (χ2n) is 12.9. The third kappa shape index (κ3) is 13.1. The van der Waals surface area contributed by atoms with E-state index in [4.69, 9.17) is 9.84 Å². The molecule has 0 heterocycles. The Morgan fingerprint density at radius 1 is 0.789 bits per heavy atom. The average molecular weight is 810 g/mol. The number of halogens is 2. The number of aliphatic hydroxyl groups excluding tert-OH is 1. The quantitative estimate of drug-likeness (QED) is 0.0863. The largest absolute Gasteiger partial charge is 0.491 e. The van der Waals surface area contributed by atoms with Crippen LogP contribution >= 0.6 is 0 Å². The summed E-state index contributed by atoms with van der Waals surface area (Å²) in [5.74, 6) is -6.39. The first-order valence-corrected chi connectivity index (χ1v) is 19.1. The first-order valence-electron chi connectivity index (χ1n) is 17.3. The summed E-state index contributed by atoms with van der Waals surface area (Å²) in [6, 6.07) is 18.8. The summed E-state index contributed by atoms with van der Waals surface area (Å²) in [7, 11) is -2.66. The lowest BCUT2D eigenvalue weighted by Gasteiger charge is -2.25. The Labute approximate surface area is 327 Å². The maximum absolute atomic E-state index is 13.9. The molecule has 0 bridgehead atoms. The molecular formula is C39H41F2N5O10S. The van der Waals surface area contributed by atoms with Crippen LogP contribution in [0, 0.1) is 11.6 Å². The van der Waals surface area contributed by atoms with Gasteiger partial charge < -0.3 is 36.2 Å². The molecule has 6 N–H and O–H groups in total. The van der Waals surface area contributed by atoms with Crippen LogP contribution in [0.4, 0.5) is 14.5 Å². The zero-order chi connectivity index (χ0) is 41.9. The van der Waals surface area contributed by atoms with E-state index in [0.29, 0.717) is 11.6 Å². The monoisotopic (exact) mass is 809 g/mol. The normalized spacial score (nSPS) is 12.7. The highest BCUT2D eigenvalue weighted by atomic mass is 32.2. The predicted molar refractivity (Wildman–Crippen MR) is 204 cm³/mol. The molecule has 15 nitrogen and oxygen atoms in total. The summed E-state index contributed by atoms with van der Waals surface area (Å²) in [5.41, 5.74) is 1.06. The maximum atomic E-state index is 13.9. The van der Waals surface area contributed by atoms with Crippen LogP contribution in [0.5, 0.6) is 5.75 Å². The van der Waals surface area contributed by atoms with Crippen LogP contribution in [0.25, 0.3) is 0 Å². The molecule has 4 rings (SSSR count). The number of anilines is 1. The summed E-state index contributed by atoms with van der Waals surface area (Å²) >= 11 is 0. The van der Waals surface area contributed by atoms with Gasteiger partial charge in [0.05, 0.1) is 48.7 Å². The van der Waals surface area contributed by atoms with Crippen molar-refractivity contribution in [1.82, 2.24) is 21.3 Å². The number of hydrogen-bond acceptors (Lipinski definition) is 9.